The van der Waals surface area contributed by atoms with Gasteiger partial charge in [0.05, 0.1) is 12.2 Å². The van der Waals surface area contributed by atoms with E-state index in [1.54, 1.807) is 0 Å². The minimum Gasteiger partial charge on any atom is -0.365 e. The first-order valence-corrected chi connectivity index (χ1v) is 11.4. The van der Waals surface area contributed by atoms with Gasteiger partial charge in [-0.1, -0.05) is 60.7 Å². The third-order valence-corrected chi connectivity index (χ3v) is 9.41. The molecule has 0 amide bonds. The summed E-state index contributed by atoms with van der Waals surface area (Å²) in [7, 11) is 0. The fraction of sp³-hybridized carbons (Fsp3) is 0.241. The molecular formula is C29H18O. The van der Waals surface area contributed by atoms with Crippen molar-refractivity contribution in [3.63, 3.8) is 0 Å². The van der Waals surface area contributed by atoms with Crippen molar-refractivity contribution in [2.75, 3.05) is 0 Å². The highest BCUT2D eigenvalue weighted by Crippen LogP contribution is 2.70. The van der Waals surface area contributed by atoms with Crippen LogP contribution in [0.25, 0.3) is 53.9 Å². The van der Waals surface area contributed by atoms with Gasteiger partial charge in [-0.05, 0) is 83.2 Å². The molecule has 2 aliphatic heterocycles. The Bertz CT molecular complexity index is 1620. The SMILES string of the molecule is C1=CC2CC1C1C3OC(c4c3c3ccc5ccc6ccc7ccc4c4c7c6c5c34)C21. The maximum Gasteiger partial charge on any atom is 0.0881 e. The molecule has 6 unspecified atom stereocenters. The maximum absolute atomic E-state index is 6.85. The van der Waals surface area contributed by atoms with E-state index in [1.807, 2.05) is 0 Å². The highest BCUT2D eigenvalue weighted by molar-refractivity contribution is 6.44. The van der Waals surface area contributed by atoms with Crippen LogP contribution >= 0.6 is 0 Å². The number of allylic oxidation sites excluding steroid dienone is 2. The molecule has 140 valence electrons. The second kappa shape index (κ2) is 4.13. The molecular weight excluding hydrogens is 364 g/mol. The van der Waals surface area contributed by atoms with Crippen molar-refractivity contribution in [1.82, 2.24) is 0 Å². The van der Waals surface area contributed by atoms with Crippen molar-refractivity contribution in [3.8, 4) is 0 Å². The molecule has 30 heavy (non-hydrogen) atoms. The molecule has 1 saturated carbocycles. The van der Waals surface area contributed by atoms with Gasteiger partial charge in [0, 0.05) is 11.8 Å². The van der Waals surface area contributed by atoms with Gasteiger partial charge in [0.2, 0.25) is 0 Å². The fourth-order valence-corrected chi connectivity index (χ4v) is 8.53. The van der Waals surface area contributed by atoms with Crippen LogP contribution in [-0.2, 0) is 4.74 Å². The third kappa shape index (κ3) is 1.20. The summed E-state index contributed by atoms with van der Waals surface area (Å²) in [5.74, 6) is 2.84. The van der Waals surface area contributed by atoms with E-state index in [2.05, 4.69) is 60.7 Å². The van der Waals surface area contributed by atoms with Crippen LogP contribution < -0.4 is 0 Å². The van der Waals surface area contributed by atoms with Crippen LogP contribution in [-0.4, -0.2) is 0 Å². The van der Waals surface area contributed by atoms with E-state index >= 15 is 0 Å². The van der Waals surface area contributed by atoms with Crippen molar-refractivity contribution in [3.05, 3.63) is 71.8 Å². The molecule has 0 spiro atoms. The topological polar surface area (TPSA) is 9.23 Å². The van der Waals surface area contributed by atoms with Crippen molar-refractivity contribution in [2.45, 2.75) is 18.6 Å². The summed E-state index contributed by atoms with van der Waals surface area (Å²) in [6.45, 7) is 0. The van der Waals surface area contributed by atoms with Gasteiger partial charge in [0.1, 0.15) is 0 Å². The minimum atomic E-state index is 0.287. The highest BCUT2D eigenvalue weighted by atomic mass is 16.5. The number of hydrogen-bond acceptors (Lipinski definition) is 1. The number of fused-ring (bicyclic) bond motifs is 14. The average molecular weight is 382 g/mol. The van der Waals surface area contributed by atoms with Gasteiger partial charge < -0.3 is 4.74 Å². The summed E-state index contributed by atoms with van der Waals surface area (Å²) in [6, 6.07) is 18.8. The molecule has 6 aromatic rings. The summed E-state index contributed by atoms with van der Waals surface area (Å²) in [5, 5.41) is 14.5. The summed E-state index contributed by atoms with van der Waals surface area (Å²) in [6.07, 6.45) is 6.92. The van der Waals surface area contributed by atoms with Gasteiger partial charge in [-0.15, -0.1) is 0 Å². The van der Waals surface area contributed by atoms with Crippen LogP contribution in [0.2, 0.25) is 0 Å². The minimum absolute atomic E-state index is 0.287. The van der Waals surface area contributed by atoms with E-state index in [0.29, 0.717) is 11.8 Å². The zero-order valence-electron chi connectivity index (χ0n) is 16.4. The van der Waals surface area contributed by atoms with Gasteiger partial charge in [0.15, 0.2) is 0 Å². The Morgan fingerprint density at radius 1 is 0.533 bits per heavy atom. The second-order valence-corrected chi connectivity index (χ2v) is 10.3. The molecule has 0 N–H and O–H groups in total. The summed E-state index contributed by atoms with van der Waals surface area (Å²) >= 11 is 0. The van der Waals surface area contributed by atoms with E-state index in [4.69, 9.17) is 4.74 Å². The number of ether oxygens (including phenoxy) is 1. The highest BCUT2D eigenvalue weighted by Gasteiger charge is 2.62. The molecule has 4 bridgehead atoms. The van der Waals surface area contributed by atoms with Crippen LogP contribution in [0.1, 0.15) is 29.8 Å². The lowest BCUT2D eigenvalue weighted by Gasteiger charge is -2.32. The van der Waals surface area contributed by atoms with E-state index in [1.165, 1.54) is 71.4 Å². The molecule has 1 nitrogen and oxygen atoms in total. The van der Waals surface area contributed by atoms with Gasteiger partial charge in [-0.25, -0.2) is 0 Å². The Morgan fingerprint density at radius 3 is 1.47 bits per heavy atom. The van der Waals surface area contributed by atoms with Crippen LogP contribution in [0.15, 0.2) is 60.7 Å². The van der Waals surface area contributed by atoms with E-state index in [-0.39, 0.29) is 12.2 Å². The Balaban J connectivity index is 1.49. The molecule has 0 aromatic heterocycles. The first kappa shape index (κ1) is 14.2. The Kier molecular flexibility index (Phi) is 1.95. The first-order valence-electron chi connectivity index (χ1n) is 11.4. The van der Waals surface area contributed by atoms with Gasteiger partial charge in [-0.3, -0.25) is 0 Å². The van der Waals surface area contributed by atoms with Crippen molar-refractivity contribution in [1.29, 1.82) is 0 Å². The fourth-order valence-electron chi connectivity index (χ4n) is 8.53. The summed E-state index contributed by atoms with van der Waals surface area (Å²) < 4.78 is 6.85. The molecule has 10 rings (SSSR count). The van der Waals surface area contributed by atoms with E-state index in [9.17, 15) is 0 Å². The van der Waals surface area contributed by atoms with Crippen LogP contribution in [0.4, 0.5) is 0 Å². The van der Waals surface area contributed by atoms with Crippen LogP contribution in [0, 0.1) is 23.7 Å². The molecule has 0 radical (unpaired) electrons. The lowest BCUT2D eigenvalue weighted by Crippen LogP contribution is -2.25. The van der Waals surface area contributed by atoms with Gasteiger partial charge >= 0.3 is 0 Å². The second-order valence-electron chi connectivity index (χ2n) is 10.3. The third-order valence-electron chi connectivity index (χ3n) is 9.41. The average Bonchev–Trinajstić information content (AvgIpc) is 3.59. The van der Waals surface area contributed by atoms with Crippen LogP contribution in [0.3, 0.4) is 0 Å². The standard InChI is InChI=1S/C29H18O/c1-3-13-7-9-17-24-20(13)19-12(1)2-4-14-8-10-18(25(24)21(14)19)27-26(17)28-22-15-5-6-16(11-15)23(22)29(27)30-28/h1-10,15-16,22-23,28-29H,11H2. The quantitative estimate of drug-likeness (QED) is 0.197. The summed E-state index contributed by atoms with van der Waals surface area (Å²) in [5.41, 5.74) is 3.08. The normalized spacial score (nSPS) is 33.6. The number of rotatable bonds is 0. The molecule has 2 fully saturated rings. The number of benzene rings is 5. The predicted molar refractivity (Wildman–Crippen MR) is 122 cm³/mol. The molecule has 2 heterocycles. The first-order chi connectivity index (χ1) is 14.9. The van der Waals surface area contributed by atoms with Crippen molar-refractivity contribution >= 4 is 53.9 Å². The summed E-state index contributed by atoms with van der Waals surface area (Å²) in [4.78, 5) is 0. The number of hydrogen-bond donors (Lipinski definition) is 0. The van der Waals surface area contributed by atoms with Crippen LogP contribution in [0.5, 0.6) is 0 Å². The van der Waals surface area contributed by atoms with Gasteiger partial charge in [-0.2, -0.15) is 0 Å². The van der Waals surface area contributed by atoms with Crippen molar-refractivity contribution in [2.24, 2.45) is 23.7 Å². The molecule has 1 saturated heterocycles. The zero-order valence-corrected chi connectivity index (χ0v) is 16.4. The Morgan fingerprint density at radius 2 is 0.967 bits per heavy atom. The Hall–Kier alpha value is -2.90. The zero-order chi connectivity index (χ0) is 18.9. The largest absolute Gasteiger partial charge is 0.365 e. The Labute approximate surface area is 172 Å². The lowest BCUT2D eigenvalue weighted by atomic mass is 9.69. The molecule has 1 heteroatoms. The van der Waals surface area contributed by atoms with E-state index in [0.717, 1.165) is 11.8 Å². The predicted octanol–water partition coefficient (Wildman–Crippen LogP) is 7.33. The molecule has 6 atom stereocenters. The smallest absolute Gasteiger partial charge is 0.0881 e. The van der Waals surface area contributed by atoms with Crippen molar-refractivity contribution < 1.29 is 4.74 Å². The molecule has 2 aliphatic carbocycles. The van der Waals surface area contributed by atoms with Gasteiger partial charge in [0.25, 0.3) is 0 Å². The lowest BCUT2D eigenvalue weighted by molar-refractivity contribution is 0.0432. The molecule has 6 aromatic carbocycles. The monoisotopic (exact) mass is 382 g/mol. The molecule has 4 aliphatic rings. The van der Waals surface area contributed by atoms with E-state index < -0.39 is 0 Å². The maximum atomic E-state index is 6.85.